The van der Waals surface area contributed by atoms with E-state index in [1.807, 2.05) is 6.07 Å². The molecule has 0 saturated heterocycles. The molecule has 294 valence electrons. The Balaban J connectivity index is 1.42. The summed E-state index contributed by atoms with van der Waals surface area (Å²) in [6.45, 7) is 8.22. The van der Waals surface area contributed by atoms with Crippen LogP contribution in [0.1, 0.15) is 26.3 Å². The van der Waals surface area contributed by atoms with Gasteiger partial charge in [0.15, 0.2) is 0 Å². The minimum atomic E-state index is -0.329. The largest absolute Gasteiger partial charge is 0.379 e. The van der Waals surface area contributed by atoms with Crippen LogP contribution in [-0.2, 0) is 25.5 Å². The Morgan fingerprint density at radius 1 is 0.691 bits per heavy atom. The Morgan fingerprint density at radius 2 is 1.24 bits per heavy atom. The first-order valence-electron chi connectivity index (χ1n) is 17.5. The third-order valence-corrected chi connectivity index (χ3v) is 7.07. The van der Waals surface area contributed by atoms with Gasteiger partial charge in [-0.3, -0.25) is 9.59 Å². The molecule has 17 nitrogen and oxygen atoms in total. The zero-order valence-electron chi connectivity index (χ0n) is 30.5. The number of azide groups is 1. The van der Waals surface area contributed by atoms with E-state index in [0.29, 0.717) is 95.8 Å². The highest BCUT2D eigenvalue weighted by atomic mass is 19.1. The lowest BCUT2D eigenvalue weighted by molar-refractivity contribution is 0.0502. The van der Waals surface area contributed by atoms with E-state index >= 15 is 0 Å². The lowest BCUT2D eigenvalue weighted by atomic mass is 10.2. The van der Waals surface area contributed by atoms with Crippen LogP contribution >= 0.6 is 0 Å². The molecule has 3 aromatic rings. The molecule has 3 aromatic carbocycles. The molecule has 0 saturated carbocycles. The van der Waals surface area contributed by atoms with Gasteiger partial charge in [-0.2, -0.15) is 9.98 Å². The SMILES string of the molecule is C=C(/N=C(\N=C(/N)Nc1ccc(C(=O)NCCOCCOCCN=[N+]=[N-])cc1)NCCOCCOCCNC(=O)c1ccccc1)NCc1ccc(F)cc1. The second-order valence-corrected chi connectivity index (χ2v) is 11.3. The summed E-state index contributed by atoms with van der Waals surface area (Å²) in [6, 6.07) is 21.6. The number of benzene rings is 3. The van der Waals surface area contributed by atoms with Crippen LogP contribution in [-0.4, -0.2) is 103 Å². The van der Waals surface area contributed by atoms with Gasteiger partial charge in [0.2, 0.25) is 11.9 Å². The van der Waals surface area contributed by atoms with E-state index in [9.17, 15) is 14.0 Å². The van der Waals surface area contributed by atoms with Crippen molar-refractivity contribution in [3.05, 3.63) is 124 Å². The highest BCUT2D eigenvalue weighted by molar-refractivity contribution is 6.01. The number of rotatable bonds is 25. The highest BCUT2D eigenvalue weighted by Gasteiger charge is 2.07. The first kappa shape index (κ1) is 43.4. The van der Waals surface area contributed by atoms with Gasteiger partial charge in [-0.15, -0.1) is 0 Å². The quantitative estimate of drug-likeness (QED) is 0.0184. The van der Waals surface area contributed by atoms with Crippen LogP contribution in [0.3, 0.4) is 0 Å². The lowest BCUT2D eigenvalue weighted by Gasteiger charge is -2.12. The summed E-state index contributed by atoms with van der Waals surface area (Å²) in [5, 5.41) is 18.1. The zero-order valence-corrected chi connectivity index (χ0v) is 30.5. The van der Waals surface area contributed by atoms with Gasteiger partial charge in [0.05, 0.1) is 52.9 Å². The van der Waals surface area contributed by atoms with Crippen molar-refractivity contribution in [3.63, 3.8) is 0 Å². The molecule has 0 radical (unpaired) electrons. The molecule has 0 aliphatic rings. The standard InChI is InChI=1S/C37H48FN11O6/c1-28(44-27-29-7-11-32(38)12-8-29)46-37(43-17-21-54-24-23-52-19-15-41-34(50)30-5-3-2-4-6-30)48-36(39)47-33-13-9-31(10-14-33)35(51)42-16-20-53-25-26-55-22-18-45-49-40/h2-14,44H,1,15-27H2,(H,41,50)(H,42,51)(H4,39,43,46,47,48). The normalized spacial score (nSPS) is 11.3. The van der Waals surface area contributed by atoms with Gasteiger partial charge < -0.3 is 51.3 Å². The number of hydrogen-bond donors (Lipinski definition) is 6. The molecule has 0 atom stereocenters. The topological polar surface area (TPSA) is 231 Å². The maximum atomic E-state index is 13.3. The number of nitrogens with one attached hydrogen (secondary N) is 5. The van der Waals surface area contributed by atoms with Gasteiger partial charge in [0, 0.05) is 54.4 Å². The summed E-state index contributed by atoms with van der Waals surface area (Å²) in [4.78, 5) is 36.0. The van der Waals surface area contributed by atoms with E-state index in [2.05, 4.69) is 53.2 Å². The number of hydrogen-bond acceptors (Lipinski definition) is 9. The number of anilines is 1. The number of carbonyl (C=O) groups excluding carboxylic acids is 2. The summed E-state index contributed by atoms with van der Waals surface area (Å²) in [6.07, 6.45) is 0. The number of amides is 2. The van der Waals surface area contributed by atoms with Gasteiger partial charge >= 0.3 is 0 Å². The molecule has 0 aromatic heterocycles. The fraction of sp³-hybridized carbons (Fsp3) is 0.351. The van der Waals surface area contributed by atoms with Crippen LogP contribution in [0.4, 0.5) is 10.1 Å². The molecule has 55 heavy (non-hydrogen) atoms. The number of guanidine groups is 2. The van der Waals surface area contributed by atoms with E-state index < -0.39 is 0 Å². The molecule has 0 unspecified atom stereocenters. The van der Waals surface area contributed by atoms with Crippen LogP contribution < -0.4 is 32.3 Å². The number of carbonyl (C=O) groups is 2. The van der Waals surface area contributed by atoms with E-state index in [0.717, 1.165) is 5.56 Å². The average Bonchev–Trinajstić information content (AvgIpc) is 3.19. The summed E-state index contributed by atoms with van der Waals surface area (Å²) in [5.74, 6) is -0.309. The highest BCUT2D eigenvalue weighted by Crippen LogP contribution is 2.09. The Morgan fingerprint density at radius 3 is 1.82 bits per heavy atom. The molecular weight excluding hydrogens is 713 g/mol. The van der Waals surface area contributed by atoms with Crippen molar-refractivity contribution >= 4 is 29.4 Å². The van der Waals surface area contributed by atoms with Gasteiger partial charge in [-0.05, 0) is 59.6 Å². The Bertz CT molecular complexity index is 1700. The molecular formula is C37H48FN11O6. The van der Waals surface area contributed by atoms with E-state index in [1.165, 1.54) is 12.1 Å². The van der Waals surface area contributed by atoms with Crippen molar-refractivity contribution in [1.82, 2.24) is 21.3 Å². The molecule has 0 heterocycles. The van der Waals surface area contributed by atoms with Crippen molar-refractivity contribution in [2.45, 2.75) is 6.54 Å². The maximum Gasteiger partial charge on any atom is 0.251 e. The van der Waals surface area contributed by atoms with Crippen molar-refractivity contribution in [2.24, 2.45) is 20.8 Å². The molecule has 0 aliphatic heterocycles. The minimum Gasteiger partial charge on any atom is -0.379 e. The third-order valence-electron chi connectivity index (χ3n) is 7.07. The Hall–Kier alpha value is -6.04. The van der Waals surface area contributed by atoms with E-state index in [1.54, 1.807) is 60.7 Å². The van der Waals surface area contributed by atoms with Crippen molar-refractivity contribution in [2.75, 3.05) is 84.4 Å². The van der Waals surface area contributed by atoms with Crippen molar-refractivity contribution in [3.8, 4) is 0 Å². The first-order chi connectivity index (χ1) is 26.8. The average molecular weight is 762 g/mol. The number of nitrogens with zero attached hydrogens (tertiary/aromatic N) is 5. The van der Waals surface area contributed by atoms with Crippen molar-refractivity contribution < 1.29 is 32.9 Å². The first-order valence-corrected chi connectivity index (χ1v) is 17.5. The summed E-state index contributed by atoms with van der Waals surface area (Å²) < 4.78 is 35.1. The minimum absolute atomic E-state index is 0.0161. The number of ether oxygens (including phenoxy) is 4. The monoisotopic (exact) mass is 761 g/mol. The maximum absolute atomic E-state index is 13.3. The molecule has 2 amide bonds. The molecule has 0 spiro atoms. The van der Waals surface area contributed by atoms with Crippen LogP contribution in [0, 0.1) is 5.82 Å². The molecule has 0 fully saturated rings. The van der Waals surface area contributed by atoms with Crippen LogP contribution in [0.25, 0.3) is 10.4 Å². The number of halogens is 1. The van der Waals surface area contributed by atoms with Gasteiger partial charge in [-0.25, -0.2) is 4.39 Å². The van der Waals surface area contributed by atoms with Gasteiger partial charge in [0.1, 0.15) is 11.6 Å². The zero-order chi connectivity index (χ0) is 39.4. The van der Waals surface area contributed by atoms with Crippen molar-refractivity contribution in [1.29, 1.82) is 0 Å². The number of nitrogens with two attached hydrogens (primary N) is 1. The second-order valence-electron chi connectivity index (χ2n) is 11.3. The molecule has 3 rings (SSSR count). The van der Waals surface area contributed by atoms with E-state index in [-0.39, 0.29) is 41.9 Å². The smallest absolute Gasteiger partial charge is 0.251 e. The predicted octanol–water partition coefficient (Wildman–Crippen LogP) is 3.30. The summed E-state index contributed by atoms with van der Waals surface area (Å²) in [5.41, 5.74) is 16.9. The molecule has 7 N–H and O–H groups in total. The van der Waals surface area contributed by atoms with Gasteiger partial charge in [-0.1, -0.05) is 42.0 Å². The predicted molar refractivity (Wildman–Crippen MR) is 208 cm³/mol. The fourth-order valence-corrected chi connectivity index (χ4v) is 4.37. The molecule has 0 aliphatic carbocycles. The van der Waals surface area contributed by atoms with Gasteiger partial charge in [0.25, 0.3) is 11.8 Å². The lowest BCUT2D eigenvalue weighted by Crippen LogP contribution is -2.32. The Labute approximate surface area is 319 Å². The van der Waals surface area contributed by atoms with Crippen LogP contribution in [0.2, 0.25) is 0 Å². The summed E-state index contributed by atoms with van der Waals surface area (Å²) >= 11 is 0. The van der Waals surface area contributed by atoms with Crippen LogP contribution in [0.15, 0.2) is 106 Å². The third kappa shape index (κ3) is 19.6. The second kappa shape index (κ2) is 26.7. The summed E-state index contributed by atoms with van der Waals surface area (Å²) in [7, 11) is 0. The van der Waals surface area contributed by atoms with E-state index in [4.69, 9.17) is 30.2 Å². The number of aliphatic imine (C=N–C) groups is 2. The Kier molecular flexibility index (Phi) is 21.0. The molecule has 0 bridgehead atoms. The molecule has 18 heteroatoms. The van der Waals surface area contributed by atoms with Crippen LogP contribution in [0.5, 0.6) is 0 Å². The fourth-order valence-electron chi connectivity index (χ4n) is 4.37.